The van der Waals surface area contributed by atoms with E-state index in [1.807, 2.05) is 54.6 Å². The maximum atomic E-state index is 12.7. The van der Waals surface area contributed by atoms with E-state index >= 15 is 0 Å². The number of rotatable bonds is 7. The molecule has 0 fully saturated rings. The van der Waals surface area contributed by atoms with Gasteiger partial charge in [0.1, 0.15) is 0 Å². The Hall–Kier alpha value is -3.15. The van der Waals surface area contributed by atoms with E-state index in [-0.39, 0.29) is 18.4 Å². The number of carbonyl (C=O) groups is 2. The fourth-order valence-electron chi connectivity index (χ4n) is 2.85. The minimum Gasteiger partial charge on any atom is -0.325 e. The first-order valence-electron chi connectivity index (χ1n) is 9.22. The summed E-state index contributed by atoms with van der Waals surface area (Å²) < 4.78 is 0. The predicted molar refractivity (Wildman–Crippen MR) is 117 cm³/mol. The maximum absolute atomic E-state index is 12.7. The normalized spacial score (nSPS) is 10.4. The van der Waals surface area contributed by atoms with E-state index in [1.165, 1.54) is 0 Å². The molecule has 5 nitrogen and oxygen atoms in total. The summed E-state index contributed by atoms with van der Waals surface area (Å²) in [6.07, 6.45) is 0. The van der Waals surface area contributed by atoms with Crippen LogP contribution in [0.2, 0.25) is 5.02 Å². The molecule has 2 amide bonds. The van der Waals surface area contributed by atoms with Gasteiger partial charge in [-0.15, -0.1) is 0 Å². The second-order valence-electron chi connectivity index (χ2n) is 6.52. The van der Waals surface area contributed by atoms with Gasteiger partial charge in [0.05, 0.1) is 6.54 Å². The predicted octanol–water partition coefficient (Wildman–Crippen LogP) is 4.34. The first-order chi connectivity index (χ1) is 14.0. The topological polar surface area (TPSA) is 61.4 Å². The third-order valence-electron chi connectivity index (χ3n) is 4.40. The monoisotopic (exact) mass is 407 g/mol. The molecule has 0 radical (unpaired) electrons. The highest BCUT2D eigenvalue weighted by atomic mass is 35.5. The van der Waals surface area contributed by atoms with Crippen LogP contribution in [0, 0.1) is 0 Å². The molecule has 6 heteroatoms. The van der Waals surface area contributed by atoms with E-state index < -0.39 is 0 Å². The molecule has 0 aromatic heterocycles. The highest BCUT2D eigenvalue weighted by molar-refractivity contribution is 6.31. The zero-order valence-electron chi connectivity index (χ0n) is 16.1. The van der Waals surface area contributed by atoms with Crippen molar-refractivity contribution < 1.29 is 9.59 Å². The van der Waals surface area contributed by atoms with Gasteiger partial charge in [0, 0.05) is 35.6 Å². The average Bonchev–Trinajstić information content (AvgIpc) is 2.75. The lowest BCUT2D eigenvalue weighted by molar-refractivity contribution is -0.115. The van der Waals surface area contributed by atoms with E-state index in [4.69, 9.17) is 11.6 Å². The molecule has 0 aliphatic heterocycles. The second kappa shape index (κ2) is 9.87. The van der Waals surface area contributed by atoms with Crippen LogP contribution in [0.1, 0.15) is 15.9 Å². The van der Waals surface area contributed by atoms with Crippen molar-refractivity contribution in [2.45, 2.75) is 6.54 Å². The van der Waals surface area contributed by atoms with Crippen LogP contribution in [0.4, 0.5) is 11.4 Å². The fourth-order valence-corrected chi connectivity index (χ4v) is 3.05. The Balaban J connectivity index is 1.57. The second-order valence-corrected chi connectivity index (χ2v) is 6.93. The maximum Gasteiger partial charge on any atom is 0.258 e. The van der Waals surface area contributed by atoms with Crippen LogP contribution >= 0.6 is 11.6 Å². The largest absolute Gasteiger partial charge is 0.325 e. The van der Waals surface area contributed by atoms with Gasteiger partial charge in [-0.05, 0) is 42.0 Å². The number of hydrogen-bond acceptors (Lipinski definition) is 3. The van der Waals surface area contributed by atoms with Gasteiger partial charge in [0.15, 0.2) is 0 Å². The lowest BCUT2D eigenvalue weighted by atomic mass is 10.1. The van der Waals surface area contributed by atoms with Crippen LogP contribution in [-0.4, -0.2) is 25.4 Å². The molecule has 0 saturated heterocycles. The molecule has 0 atom stereocenters. The number of halogens is 1. The van der Waals surface area contributed by atoms with Gasteiger partial charge in [0.2, 0.25) is 5.91 Å². The molecule has 3 rings (SSSR count). The number of amides is 2. The summed E-state index contributed by atoms with van der Waals surface area (Å²) in [5.74, 6) is -0.345. The number of anilines is 2. The van der Waals surface area contributed by atoms with E-state index in [0.717, 1.165) is 11.3 Å². The molecule has 3 aromatic rings. The summed E-state index contributed by atoms with van der Waals surface area (Å²) in [4.78, 5) is 26.5. The van der Waals surface area contributed by atoms with Gasteiger partial charge >= 0.3 is 0 Å². The zero-order chi connectivity index (χ0) is 20.6. The van der Waals surface area contributed by atoms with Gasteiger partial charge in [0.25, 0.3) is 5.91 Å². The number of hydrogen-bond donors (Lipinski definition) is 2. The lowest BCUT2D eigenvalue weighted by Gasteiger charge is -2.17. The molecular formula is C23H22ClN3O2. The third-order valence-corrected chi connectivity index (χ3v) is 4.77. The van der Waals surface area contributed by atoms with E-state index in [1.54, 1.807) is 36.2 Å². The summed E-state index contributed by atoms with van der Waals surface area (Å²) >= 11 is 6.11. The van der Waals surface area contributed by atoms with Crippen LogP contribution in [0.5, 0.6) is 0 Å². The molecule has 29 heavy (non-hydrogen) atoms. The van der Waals surface area contributed by atoms with Crippen molar-refractivity contribution in [3.63, 3.8) is 0 Å². The molecule has 148 valence electrons. The van der Waals surface area contributed by atoms with Gasteiger partial charge in [-0.25, -0.2) is 0 Å². The van der Waals surface area contributed by atoms with Crippen molar-refractivity contribution in [1.29, 1.82) is 0 Å². The van der Waals surface area contributed by atoms with Gasteiger partial charge in [-0.2, -0.15) is 0 Å². The van der Waals surface area contributed by atoms with Crippen molar-refractivity contribution in [3.05, 3.63) is 95.0 Å². The average molecular weight is 408 g/mol. The Morgan fingerprint density at radius 1 is 0.931 bits per heavy atom. The first kappa shape index (κ1) is 20.6. The summed E-state index contributed by atoms with van der Waals surface area (Å²) in [7, 11) is 1.72. The Bertz CT molecular complexity index is 992. The van der Waals surface area contributed by atoms with Gasteiger partial charge < -0.3 is 15.5 Å². The van der Waals surface area contributed by atoms with Crippen LogP contribution in [0.3, 0.4) is 0 Å². The number of carbonyl (C=O) groups excluding carboxylic acids is 2. The quantitative estimate of drug-likeness (QED) is 0.612. The van der Waals surface area contributed by atoms with Crippen LogP contribution < -0.4 is 15.5 Å². The molecule has 3 aromatic carbocycles. The Morgan fingerprint density at radius 3 is 2.41 bits per heavy atom. The van der Waals surface area contributed by atoms with Crippen LogP contribution in [0.15, 0.2) is 78.9 Å². The molecule has 2 N–H and O–H groups in total. The number of para-hydroxylation sites is 1. The molecule has 0 aliphatic carbocycles. The Labute approximate surface area is 175 Å². The summed E-state index contributed by atoms with van der Waals surface area (Å²) in [6.45, 7) is 0.626. The van der Waals surface area contributed by atoms with Crippen LogP contribution in [-0.2, 0) is 11.3 Å². The molecule has 0 saturated carbocycles. The summed E-state index contributed by atoms with van der Waals surface area (Å²) in [6, 6.07) is 23.8. The van der Waals surface area contributed by atoms with E-state index in [0.29, 0.717) is 22.8 Å². The Kier molecular flexibility index (Phi) is 7.00. The van der Waals surface area contributed by atoms with Crippen LogP contribution in [0.25, 0.3) is 0 Å². The van der Waals surface area contributed by atoms with Crippen molar-refractivity contribution in [1.82, 2.24) is 5.32 Å². The van der Waals surface area contributed by atoms with Crippen molar-refractivity contribution in [2.24, 2.45) is 0 Å². The van der Waals surface area contributed by atoms with Crippen molar-refractivity contribution >= 4 is 34.8 Å². The molecular weight excluding hydrogens is 386 g/mol. The van der Waals surface area contributed by atoms with Gasteiger partial charge in [-0.3, -0.25) is 9.59 Å². The summed E-state index contributed by atoms with van der Waals surface area (Å²) in [5, 5.41) is 6.54. The lowest BCUT2D eigenvalue weighted by Crippen LogP contribution is -2.28. The van der Waals surface area contributed by atoms with Crippen molar-refractivity contribution in [2.75, 3.05) is 23.8 Å². The molecule has 0 aliphatic rings. The zero-order valence-corrected chi connectivity index (χ0v) is 16.8. The highest BCUT2D eigenvalue weighted by Crippen LogP contribution is 2.17. The molecule has 0 heterocycles. The highest BCUT2D eigenvalue weighted by Gasteiger charge is 2.14. The molecule has 0 spiro atoms. The first-order valence-corrected chi connectivity index (χ1v) is 9.59. The standard InChI is InChI=1S/C23H22ClN3O2/c1-27(20-11-3-2-4-12-20)23(29)17-9-7-10-19(14-17)26-22(28)16-25-15-18-8-5-6-13-21(18)24/h2-14,25H,15-16H2,1H3,(H,26,28). The fraction of sp³-hybridized carbons (Fsp3) is 0.130. The smallest absolute Gasteiger partial charge is 0.258 e. The SMILES string of the molecule is CN(C(=O)c1cccc(NC(=O)CNCc2ccccc2Cl)c1)c1ccccc1. The van der Waals surface area contributed by atoms with E-state index in [2.05, 4.69) is 10.6 Å². The summed E-state index contributed by atoms with van der Waals surface area (Å²) in [5.41, 5.74) is 2.80. The number of benzene rings is 3. The molecule has 0 unspecified atom stereocenters. The number of nitrogens with one attached hydrogen (secondary N) is 2. The van der Waals surface area contributed by atoms with E-state index in [9.17, 15) is 9.59 Å². The molecule has 0 bridgehead atoms. The number of nitrogens with zero attached hydrogens (tertiary/aromatic N) is 1. The Morgan fingerprint density at radius 2 is 1.66 bits per heavy atom. The third kappa shape index (κ3) is 5.67. The van der Waals surface area contributed by atoms with Gasteiger partial charge in [-0.1, -0.05) is 54.1 Å². The minimum absolute atomic E-state index is 0.132. The minimum atomic E-state index is -0.196. The van der Waals surface area contributed by atoms with Crippen molar-refractivity contribution in [3.8, 4) is 0 Å².